The number of aromatic nitrogens is 1. The van der Waals surface area contributed by atoms with Crippen molar-refractivity contribution in [2.24, 2.45) is 0 Å². The fourth-order valence-electron chi connectivity index (χ4n) is 3.52. The first-order valence-corrected chi connectivity index (χ1v) is 11.0. The van der Waals surface area contributed by atoms with E-state index in [9.17, 15) is 35.9 Å². The van der Waals surface area contributed by atoms with Crippen molar-refractivity contribution >= 4 is 28.5 Å². The number of ether oxygens (including phenoxy) is 2. The number of alkyl halides is 6. The highest BCUT2D eigenvalue weighted by Gasteiger charge is 2.43. The maximum Gasteiger partial charge on any atom is 0.420 e. The van der Waals surface area contributed by atoms with Crippen LogP contribution in [0.25, 0.3) is 10.9 Å². The van der Waals surface area contributed by atoms with Crippen LogP contribution in [0.15, 0.2) is 36.5 Å². The molecule has 0 aliphatic rings. The van der Waals surface area contributed by atoms with E-state index in [-0.39, 0.29) is 23.8 Å². The Labute approximate surface area is 207 Å². The fourth-order valence-corrected chi connectivity index (χ4v) is 3.52. The lowest BCUT2D eigenvalue weighted by molar-refractivity contribution is -0.161. The molecular formula is C25H24F6N2O4. The topological polar surface area (TPSA) is 80.4 Å². The molecule has 0 saturated heterocycles. The Hall–Kier alpha value is -3.70. The number of halogens is 6. The summed E-state index contributed by atoms with van der Waals surface area (Å²) in [4.78, 5) is 27.0. The van der Waals surface area contributed by atoms with Crippen LogP contribution in [0.3, 0.4) is 0 Å². The Balaban J connectivity index is 2.11. The van der Waals surface area contributed by atoms with Gasteiger partial charge in [-0.15, -0.1) is 0 Å². The normalized spacial score (nSPS) is 12.6. The van der Waals surface area contributed by atoms with Crippen LogP contribution < -0.4 is 10.1 Å². The zero-order chi connectivity index (χ0) is 27.9. The number of carbonyl (C=O) groups is 2. The van der Waals surface area contributed by atoms with E-state index < -0.39 is 52.4 Å². The summed E-state index contributed by atoms with van der Waals surface area (Å²) in [6.45, 7) is 8.06. The zero-order valence-corrected chi connectivity index (χ0v) is 20.4. The van der Waals surface area contributed by atoms with Crippen molar-refractivity contribution in [2.75, 3.05) is 5.32 Å². The SMILES string of the molecule is CC(C)c1c[nH]c2ccc(Oc3c(C(F)(F)F)cc(NC(=O)C(=O)OC(C)(C)C)cc3C(F)(F)F)cc12. The summed E-state index contributed by atoms with van der Waals surface area (Å²) in [7, 11) is 0. The van der Waals surface area contributed by atoms with Crippen molar-refractivity contribution in [3.63, 3.8) is 0 Å². The van der Waals surface area contributed by atoms with Gasteiger partial charge in [0.15, 0.2) is 5.75 Å². The first kappa shape index (κ1) is 27.9. The van der Waals surface area contributed by atoms with Crippen LogP contribution in [-0.4, -0.2) is 22.5 Å². The van der Waals surface area contributed by atoms with Crippen LogP contribution in [0.5, 0.6) is 11.5 Å². The van der Waals surface area contributed by atoms with Gasteiger partial charge in [-0.05, 0) is 62.6 Å². The van der Waals surface area contributed by atoms with Gasteiger partial charge in [-0.25, -0.2) is 4.79 Å². The molecule has 200 valence electrons. The Kier molecular flexibility index (Phi) is 7.26. The molecule has 0 radical (unpaired) electrons. The minimum atomic E-state index is -5.30. The van der Waals surface area contributed by atoms with Gasteiger partial charge in [0.05, 0.1) is 0 Å². The molecule has 2 aromatic carbocycles. The number of benzene rings is 2. The molecule has 37 heavy (non-hydrogen) atoms. The summed E-state index contributed by atoms with van der Waals surface area (Å²) >= 11 is 0. The quantitative estimate of drug-likeness (QED) is 0.209. The third-order valence-corrected chi connectivity index (χ3v) is 5.07. The first-order valence-electron chi connectivity index (χ1n) is 11.0. The second-order valence-electron chi connectivity index (χ2n) is 9.56. The number of amides is 1. The second kappa shape index (κ2) is 9.64. The monoisotopic (exact) mass is 530 g/mol. The number of hydrogen-bond acceptors (Lipinski definition) is 4. The van der Waals surface area contributed by atoms with Gasteiger partial charge in [-0.1, -0.05) is 13.8 Å². The predicted molar refractivity (Wildman–Crippen MR) is 123 cm³/mol. The molecule has 1 aromatic heterocycles. The minimum absolute atomic E-state index is 0.0216. The molecular weight excluding hydrogens is 506 g/mol. The largest absolute Gasteiger partial charge is 0.456 e. The number of carbonyl (C=O) groups excluding carboxylic acids is 2. The summed E-state index contributed by atoms with van der Waals surface area (Å²) in [6.07, 6.45) is -8.91. The number of aromatic amines is 1. The summed E-state index contributed by atoms with van der Waals surface area (Å²) in [6, 6.07) is 4.59. The fraction of sp³-hybridized carbons (Fsp3) is 0.360. The highest BCUT2D eigenvalue weighted by molar-refractivity contribution is 6.37. The standard InChI is InChI=1S/C25H24F6N2O4/c1-12(2)16-11-32-19-7-6-14(10-15(16)19)36-20-17(24(26,27)28)8-13(9-18(20)25(29,30)31)33-21(34)22(35)37-23(3,4)5/h6-12,32H,1-5H3,(H,33,34). The van der Waals surface area contributed by atoms with Crippen molar-refractivity contribution in [2.45, 2.75) is 58.5 Å². The highest BCUT2D eigenvalue weighted by Crippen LogP contribution is 2.47. The van der Waals surface area contributed by atoms with Crippen molar-refractivity contribution in [1.29, 1.82) is 0 Å². The summed E-state index contributed by atoms with van der Waals surface area (Å²) in [5.74, 6) is -4.74. The Bertz CT molecular complexity index is 1300. The van der Waals surface area contributed by atoms with Crippen LogP contribution >= 0.6 is 0 Å². The summed E-state index contributed by atoms with van der Waals surface area (Å²) < 4.78 is 93.6. The third-order valence-electron chi connectivity index (χ3n) is 5.07. The van der Waals surface area contributed by atoms with E-state index in [1.165, 1.54) is 39.0 Å². The van der Waals surface area contributed by atoms with E-state index in [0.717, 1.165) is 5.56 Å². The number of rotatable bonds is 4. The van der Waals surface area contributed by atoms with Crippen molar-refractivity contribution in [3.05, 3.63) is 53.2 Å². The van der Waals surface area contributed by atoms with Gasteiger partial charge in [-0.3, -0.25) is 4.79 Å². The van der Waals surface area contributed by atoms with E-state index in [2.05, 4.69) is 4.98 Å². The minimum Gasteiger partial charge on any atom is -0.456 e. The molecule has 0 atom stereocenters. The van der Waals surface area contributed by atoms with Crippen LogP contribution in [0.2, 0.25) is 0 Å². The van der Waals surface area contributed by atoms with Gasteiger partial charge in [-0.2, -0.15) is 26.3 Å². The third kappa shape index (κ3) is 6.55. The molecule has 3 rings (SSSR count). The second-order valence-corrected chi connectivity index (χ2v) is 9.56. The van der Waals surface area contributed by atoms with E-state index in [1.54, 1.807) is 11.5 Å². The molecule has 1 heterocycles. The van der Waals surface area contributed by atoms with Gasteiger partial charge in [0.1, 0.15) is 22.5 Å². The van der Waals surface area contributed by atoms with Crippen LogP contribution in [0, 0.1) is 0 Å². The van der Waals surface area contributed by atoms with E-state index in [0.29, 0.717) is 10.9 Å². The van der Waals surface area contributed by atoms with Crippen LogP contribution in [0.1, 0.15) is 57.2 Å². The Morgan fingerprint density at radius 2 is 1.49 bits per heavy atom. The molecule has 6 nitrogen and oxygen atoms in total. The summed E-state index contributed by atoms with van der Waals surface area (Å²) in [5, 5.41) is 2.33. The average molecular weight is 530 g/mol. The first-order chi connectivity index (χ1) is 16.9. The molecule has 0 bridgehead atoms. The Morgan fingerprint density at radius 3 is 1.97 bits per heavy atom. The van der Waals surface area contributed by atoms with E-state index in [4.69, 9.17) is 9.47 Å². The van der Waals surface area contributed by atoms with Gasteiger partial charge in [0, 0.05) is 22.8 Å². The van der Waals surface area contributed by atoms with Gasteiger partial charge >= 0.3 is 24.2 Å². The number of anilines is 1. The lowest BCUT2D eigenvalue weighted by atomic mass is 10.0. The number of fused-ring (bicyclic) bond motifs is 1. The molecule has 0 fully saturated rings. The number of H-pyrrole nitrogens is 1. The molecule has 2 N–H and O–H groups in total. The maximum atomic E-state index is 13.9. The maximum absolute atomic E-state index is 13.9. The predicted octanol–water partition coefficient (Wildman–Crippen LogP) is 7.40. The van der Waals surface area contributed by atoms with Crippen molar-refractivity contribution in [3.8, 4) is 11.5 Å². The zero-order valence-electron chi connectivity index (χ0n) is 20.4. The highest BCUT2D eigenvalue weighted by atomic mass is 19.4. The lowest BCUT2D eigenvalue weighted by Gasteiger charge is -2.21. The van der Waals surface area contributed by atoms with E-state index in [1.807, 2.05) is 13.8 Å². The molecule has 0 saturated carbocycles. The Morgan fingerprint density at radius 1 is 0.919 bits per heavy atom. The van der Waals surface area contributed by atoms with E-state index >= 15 is 0 Å². The molecule has 1 amide bonds. The average Bonchev–Trinajstić information content (AvgIpc) is 3.15. The van der Waals surface area contributed by atoms with Crippen molar-refractivity contribution < 1.29 is 45.4 Å². The lowest BCUT2D eigenvalue weighted by Crippen LogP contribution is -2.32. The number of hydrogen-bond donors (Lipinski definition) is 2. The molecule has 0 unspecified atom stereocenters. The summed E-state index contributed by atoms with van der Waals surface area (Å²) in [5.41, 5.74) is -4.18. The number of esters is 1. The van der Waals surface area contributed by atoms with Crippen LogP contribution in [0.4, 0.5) is 32.0 Å². The van der Waals surface area contributed by atoms with Gasteiger partial charge < -0.3 is 19.8 Å². The van der Waals surface area contributed by atoms with Gasteiger partial charge in [0.25, 0.3) is 0 Å². The smallest absolute Gasteiger partial charge is 0.420 e. The molecule has 0 aliphatic heterocycles. The molecule has 0 aliphatic carbocycles. The number of nitrogens with one attached hydrogen (secondary N) is 2. The van der Waals surface area contributed by atoms with Crippen LogP contribution in [-0.2, 0) is 26.7 Å². The molecule has 12 heteroatoms. The molecule has 3 aromatic rings. The molecule has 0 spiro atoms. The van der Waals surface area contributed by atoms with Crippen molar-refractivity contribution in [1.82, 2.24) is 4.98 Å². The van der Waals surface area contributed by atoms with Gasteiger partial charge in [0.2, 0.25) is 0 Å².